The maximum Gasteiger partial charge on any atom is 0.144 e. The number of rotatable bonds is 4. The van der Waals surface area contributed by atoms with E-state index in [9.17, 15) is 9.18 Å². The quantitative estimate of drug-likeness (QED) is 0.505. The Morgan fingerprint density at radius 3 is 3.08 bits per heavy atom. The second-order valence-corrected chi connectivity index (χ2v) is 2.49. The summed E-state index contributed by atoms with van der Waals surface area (Å²) in [4.78, 5) is 13.8. The molecule has 0 aliphatic carbocycles. The molecule has 0 radical (unpaired) electrons. The summed E-state index contributed by atoms with van der Waals surface area (Å²) in [6.45, 7) is 0. The summed E-state index contributed by atoms with van der Waals surface area (Å²) in [5.41, 5.74) is 0.444. The third kappa shape index (κ3) is 2.42. The van der Waals surface area contributed by atoms with Crippen LogP contribution in [0.15, 0.2) is 18.3 Å². The molecule has 1 aromatic rings. The van der Waals surface area contributed by atoms with Gasteiger partial charge in [0.05, 0.1) is 5.69 Å². The summed E-state index contributed by atoms with van der Waals surface area (Å²) >= 11 is 0. The Kier molecular flexibility index (Phi) is 3.38. The molecule has 1 heterocycles. The standard InChI is InChI=1S/C9H10FNO/c10-8-4-3-6-11-9(8)5-1-2-7-12/h3-4,6-7H,1-2,5H2. The first kappa shape index (κ1) is 8.84. The van der Waals surface area contributed by atoms with E-state index in [4.69, 9.17) is 0 Å². The molecule has 0 amide bonds. The number of aldehydes is 1. The third-order valence-electron chi connectivity index (χ3n) is 1.57. The van der Waals surface area contributed by atoms with Crippen molar-refractivity contribution in [3.63, 3.8) is 0 Å². The van der Waals surface area contributed by atoms with Crippen molar-refractivity contribution in [1.29, 1.82) is 0 Å². The molecule has 0 aliphatic rings. The summed E-state index contributed by atoms with van der Waals surface area (Å²) in [6, 6.07) is 2.93. The van der Waals surface area contributed by atoms with Crippen LogP contribution in [-0.4, -0.2) is 11.3 Å². The fourth-order valence-electron chi connectivity index (χ4n) is 0.955. The van der Waals surface area contributed by atoms with Gasteiger partial charge in [0.2, 0.25) is 0 Å². The van der Waals surface area contributed by atoms with Gasteiger partial charge in [0.1, 0.15) is 12.1 Å². The molecule has 0 saturated carbocycles. The number of unbranched alkanes of at least 4 members (excludes halogenated alkanes) is 1. The van der Waals surface area contributed by atoms with Crippen molar-refractivity contribution in [3.05, 3.63) is 29.8 Å². The number of halogens is 1. The number of carbonyl (C=O) groups is 1. The van der Waals surface area contributed by atoms with Crippen molar-refractivity contribution in [3.8, 4) is 0 Å². The Bertz CT molecular complexity index is 262. The largest absolute Gasteiger partial charge is 0.303 e. The second kappa shape index (κ2) is 4.59. The average molecular weight is 167 g/mol. The lowest BCUT2D eigenvalue weighted by molar-refractivity contribution is -0.107. The van der Waals surface area contributed by atoms with Crippen LogP contribution in [0.1, 0.15) is 18.5 Å². The maximum atomic E-state index is 12.9. The van der Waals surface area contributed by atoms with Gasteiger partial charge in [0.25, 0.3) is 0 Å². The number of hydrogen-bond donors (Lipinski definition) is 0. The first-order valence-corrected chi connectivity index (χ1v) is 3.87. The Balaban J connectivity index is 2.51. The molecule has 0 bridgehead atoms. The van der Waals surface area contributed by atoms with E-state index in [2.05, 4.69) is 4.98 Å². The zero-order chi connectivity index (χ0) is 8.81. The summed E-state index contributed by atoms with van der Waals surface area (Å²) < 4.78 is 12.9. The maximum absolute atomic E-state index is 12.9. The zero-order valence-corrected chi connectivity index (χ0v) is 6.66. The van der Waals surface area contributed by atoms with Crippen molar-refractivity contribution in [1.82, 2.24) is 4.98 Å². The van der Waals surface area contributed by atoms with Crippen LogP contribution < -0.4 is 0 Å². The Morgan fingerprint density at radius 2 is 2.42 bits per heavy atom. The van der Waals surface area contributed by atoms with Crippen LogP contribution in [-0.2, 0) is 11.2 Å². The Morgan fingerprint density at radius 1 is 1.58 bits per heavy atom. The van der Waals surface area contributed by atoms with Gasteiger partial charge in [-0.25, -0.2) is 4.39 Å². The van der Waals surface area contributed by atoms with Gasteiger partial charge in [-0.1, -0.05) is 0 Å². The molecule has 0 unspecified atom stereocenters. The molecule has 0 fully saturated rings. The zero-order valence-electron chi connectivity index (χ0n) is 6.66. The molecule has 0 saturated heterocycles. The Labute approximate surface area is 70.4 Å². The topological polar surface area (TPSA) is 30.0 Å². The van der Waals surface area contributed by atoms with Crippen LogP contribution in [0.2, 0.25) is 0 Å². The highest BCUT2D eigenvalue weighted by Crippen LogP contribution is 2.05. The van der Waals surface area contributed by atoms with Crippen molar-refractivity contribution < 1.29 is 9.18 Å². The molecular formula is C9H10FNO. The summed E-state index contributed by atoms with van der Waals surface area (Å²) in [7, 11) is 0. The molecule has 2 nitrogen and oxygen atoms in total. The predicted molar refractivity (Wildman–Crippen MR) is 43.2 cm³/mol. The van der Waals surface area contributed by atoms with Gasteiger partial charge in [0, 0.05) is 12.6 Å². The van der Waals surface area contributed by atoms with E-state index in [0.717, 1.165) is 6.29 Å². The number of aromatic nitrogens is 1. The van der Waals surface area contributed by atoms with E-state index in [1.165, 1.54) is 6.07 Å². The van der Waals surface area contributed by atoms with Crippen LogP contribution in [0.4, 0.5) is 4.39 Å². The van der Waals surface area contributed by atoms with Gasteiger partial charge < -0.3 is 4.79 Å². The Hall–Kier alpha value is -1.25. The molecule has 0 aliphatic heterocycles. The molecule has 3 heteroatoms. The lowest BCUT2D eigenvalue weighted by Crippen LogP contribution is -1.94. The van der Waals surface area contributed by atoms with E-state index in [0.29, 0.717) is 25.0 Å². The number of hydrogen-bond acceptors (Lipinski definition) is 2. The van der Waals surface area contributed by atoms with Crippen molar-refractivity contribution >= 4 is 6.29 Å². The lowest BCUT2D eigenvalue weighted by Gasteiger charge is -1.98. The normalized spacial score (nSPS) is 9.75. The fraction of sp³-hybridized carbons (Fsp3) is 0.333. The monoisotopic (exact) mass is 167 g/mol. The van der Waals surface area contributed by atoms with Gasteiger partial charge >= 0.3 is 0 Å². The van der Waals surface area contributed by atoms with Crippen LogP contribution in [0.3, 0.4) is 0 Å². The fourth-order valence-corrected chi connectivity index (χ4v) is 0.955. The van der Waals surface area contributed by atoms with Gasteiger partial charge in [-0.05, 0) is 25.0 Å². The van der Waals surface area contributed by atoms with Crippen LogP contribution in [0.25, 0.3) is 0 Å². The highest BCUT2D eigenvalue weighted by Gasteiger charge is 2.00. The first-order valence-electron chi connectivity index (χ1n) is 3.87. The number of pyridine rings is 1. The SMILES string of the molecule is O=CCCCc1ncccc1F. The van der Waals surface area contributed by atoms with Crippen molar-refractivity contribution in [2.75, 3.05) is 0 Å². The average Bonchev–Trinajstić information content (AvgIpc) is 2.09. The predicted octanol–water partition coefficient (Wildman–Crippen LogP) is 1.74. The van der Waals surface area contributed by atoms with E-state index in [1.54, 1.807) is 12.3 Å². The van der Waals surface area contributed by atoms with E-state index in [-0.39, 0.29) is 5.82 Å². The van der Waals surface area contributed by atoms with E-state index < -0.39 is 0 Å². The lowest BCUT2D eigenvalue weighted by atomic mass is 10.2. The van der Waals surface area contributed by atoms with Gasteiger partial charge in [-0.15, -0.1) is 0 Å². The molecule has 0 spiro atoms. The van der Waals surface area contributed by atoms with Crippen LogP contribution >= 0.6 is 0 Å². The summed E-state index contributed by atoms with van der Waals surface area (Å²) in [6.07, 6.45) is 4.05. The second-order valence-electron chi connectivity index (χ2n) is 2.49. The molecule has 1 rings (SSSR count). The molecule has 0 atom stereocenters. The summed E-state index contributed by atoms with van der Waals surface area (Å²) in [5, 5.41) is 0. The van der Waals surface area contributed by atoms with Crippen molar-refractivity contribution in [2.24, 2.45) is 0 Å². The number of nitrogens with zero attached hydrogens (tertiary/aromatic N) is 1. The minimum absolute atomic E-state index is 0.289. The van der Waals surface area contributed by atoms with Crippen LogP contribution in [0.5, 0.6) is 0 Å². The number of carbonyl (C=O) groups excluding carboxylic acids is 1. The van der Waals surface area contributed by atoms with Crippen LogP contribution in [0, 0.1) is 5.82 Å². The molecular weight excluding hydrogens is 157 g/mol. The van der Waals surface area contributed by atoms with E-state index in [1.807, 2.05) is 0 Å². The molecule has 0 N–H and O–H groups in total. The highest BCUT2D eigenvalue weighted by molar-refractivity contribution is 5.49. The summed E-state index contributed by atoms with van der Waals surface area (Å²) in [5.74, 6) is -0.289. The van der Waals surface area contributed by atoms with Gasteiger partial charge in [0.15, 0.2) is 0 Å². The third-order valence-corrected chi connectivity index (χ3v) is 1.57. The molecule has 64 valence electrons. The molecule has 12 heavy (non-hydrogen) atoms. The van der Waals surface area contributed by atoms with Gasteiger partial charge in [-0.3, -0.25) is 4.98 Å². The molecule has 1 aromatic heterocycles. The smallest absolute Gasteiger partial charge is 0.144 e. The minimum Gasteiger partial charge on any atom is -0.303 e. The first-order chi connectivity index (χ1) is 5.84. The van der Waals surface area contributed by atoms with E-state index >= 15 is 0 Å². The highest BCUT2D eigenvalue weighted by atomic mass is 19.1. The van der Waals surface area contributed by atoms with Crippen molar-refractivity contribution in [2.45, 2.75) is 19.3 Å². The minimum atomic E-state index is -0.289. The van der Waals surface area contributed by atoms with Gasteiger partial charge in [-0.2, -0.15) is 0 Å². The number of aryl methyl sites for hydroxylation is 1. The molecule has 0 aromatic carbocycles.